The Labute approximate surface area is 91.4 Å². The van der Waals surface area contributed by atoms with Gasteiger partial charge in [-0.3, -0.25) is 14.9 Å². The summed E-state index contributed by atoms with van der Waals surface area (Å²) in [5, 5.41) is 2.04. The highest BCUT2D eigenvalue weighted by Gasteiger charge is 2.35. The molecular formula is C11H8N2O3. The number of hydrogen-bond acceptors (Lipinski definition) is 3. The Kier molecular flexibility index (Phi) is 2.28. The fraction of sp³-hybridized carbons (Fsp3) is 0. The molecule has 1 heterocycles. The number of nitrogens with zero attached hydrogens (tertiary/aromatic N) is 1. The Morgan fingerprint density at radius 1 is 1.06 bits per heavy atom. The van der Waals surface area contributed by atoms with Crippen LogP contribution >= 0.6 is 0 Å². The lowest BCUT2D eigenvalue weighted by Crippen LogP contribution is -2.54. The lowest BCUT2D eigenvalue weighted by molar-refractivity contribution is -0.122. The molecule has 2 rings (SSSR count). The predicted octanol–water partition coefficient (Wildman–Crippen LogP) is 0.826. The van der Waals surface area contributed by atoms with Crippen LogP contribution in [0.15, 0.2) is 42.5 Å². The molecule has 1 fully saturated rings. The van der Waals surface area contributed by atoms with E-state index in [1.165, 1.54) is 0 Å². The van der Waals surface area contributed by atoms with E-state index in [0.29, 0.717) is 5.69 Å². The van der Waals surface area contributed by atoms with Crippen LogP contribution in [-0.4, -0.2) is 17.8 Å². The predicted molar refractivity (Wildman–Crippen MR) is 56.6 cm³/mol. The second-order valence-corrected chi connectivity index (χ2v) is 3.21. The third-order valence-corrected chi connectivity index (χ3v) is 2.17. The van der Waals surface area contributed by atoms with Crippen LogP contribution in [0.25, 0.3) is 0 Å². The first-order valence-corrected chi connectivity index (χ1v) is 4.55. The Balaban J connectivity index is 2.42. The fourth-order valence-electron chi connectivity index (χ4n) is 1.36. The van der Waals surface area contributed by atoms with Crippen molar-refractivity contribution in [1.82, 2.24) is 5.32 Å². The van der Waals surface area contributed by atoms with Gasteiger partial charge in [0.2, 0.25) is 0 Å². The summed E-state index contributed by atoms with van der Waals surface area (Å²) in [7, 11) is 0. The van der Waals surface area contributed by atoms with E-state index in [1.54, 1.807) is 30.3 Å². The van der Waals surface area contributed by atoms with E-state index >= 15 is 0 Å². The first-order valence-electron chi connectivity index (χ1n) is 4.55. The van der Waals surface area contributed by atoms with E-state index in [-0.39, 0.29) is 5.57 Å². The van der Waals surface area contributed by atoms with Gasteiger partial charge >= 0.3 is 6.03 Å². The fourth-order valence-corrected chi connectivity index (χ4v) is 1.36. The number of amides is 4. The van der Waals surface area contributed by atoms with Crippen LogP contribution in [0.4, 0.5) is 10.5 Å². The van der Waals surface area contributed by atoms with Crippen LogP contribution in [0.1, 0.15) is 0 Å². The molecule has 0 unspecified atom stereocenters. The van der Waals surface area contributed by atoms with Gasteiger partial charge in [0, 0.05) is 0 Å². The zero-order valence-electron chi connectivity index (χ0n) is 8.27. The number of barbiturate groups is 1. The van der Waals surface area contributed by atoms with E-state index in [0.717, 1.165) is 4.90 Å². The number of hydrogen-bond donors (Lipinski definition) is 1. The van der Waals surface area contributed by atoms with Crippen LogP contribution in [0.2, 0.25) is 0 Å². The number of rotatable bonds is 1. The third-order valence-electron chi connectivity index (χ3n) is 2.17. The summed E-state index contributed by atoms with van der Waals surface area (Å²) in [6.45, 7) is 3.33. The van der Waals surface area contributed by atoms with Gasteiger partial charge in [-0.15, -0.1) is 0 Å². The Morgan fingerprint density at radius 3 is 2.31 bits per heavy atom. The van der Waals surface area contributed by atoms with Crippen molar-refractivity contribution < 1.29 is 14.4 Å². The molecule has 1 saturated heterocycles. The average molecular weight is 216 g/mol. The Hall–Kier alpha value is -2.43. The zero-order valence-corrected chi connectivity index (χ0v) is 8.27. The van der Waals surface area contributed by atoms with E-state index in [1.807, 2.05) is 5.32 Å². The van der Waals surface area contributed by atoms with Gasteiger partial charge in [-0.25, -0.2) is 9.69 Å². The summed E-state index contributed by atoms with van der Waals surface area (Å²) in [6, 6.07) is 7.58. The van der Waals surface area contributed by atoms with Gasteiger partial charge in [0.1, 0.15) is 0 Å². The van der Waals surface area contributed by atoms with Gasteiger partial charge in [0.15, 0.2) is 0 Å². The average Bonchev–Trinajstić information content (AvgIpc) is 2.28. The summed E-state index contributed by atoms with van der Waals surface area (Å²) in [5.41, 5.74) is 0.155. The summed E-state index contributed by atoms with van der Waals surface area (Å²) < 4.78 is 0. The highest BCUT2D eigenvalue weighted by Crippen LogP contribution is 2.18. The molecule has 0 aromatic heterocycles. The van der Waals surface area contributed by atoms with Crippen LogP contribution in [0.5, 0.6) is 0 Å². The minimum absolute atomic E-state index is 0.247. The maximum absolute atomic E-state index is 11.7. The molecule has 1 aliphatic heterocycles. The molecule has 5 heteroatoms. The molecule has 16 heavy (non-hydrogen) atoms. The quantitative estimate of drug-likeness (QED) is 0.558. The van der Waals surface area contributed by atoms with E-state index < -0.39 is 17.8 Å². The second kappa shape index (κ2) is 3.62. The lowest BCUT2D eigenvalue weighted by atomic mass is 10.2. The molecule has 0 radical (unpaired) electrons. The SMILES string of the molecule is C=C1C(=O)NC(=O)N(c2ccccc2)C1=O. The molecule has 0 saturated carbocycles. The number of carbonyl (C=O) groups excluding carboxylic acids is 3. The second-order valence-electron chi connectivity index (χ2n) is 3.21. The largest absolute Gasteiger partial charge is 0.335 e. The monoisotopic (exact) mass is 216 g/mol. The van der Waals surface area contributed by atoms with E-state index in [9.17, 15) is 14.4 Å². The van der Waals surface area contributed by atoms with E-state index in [2.05, 4.69) is 6.58 Å². The van der Waals surface area contributed by atoms with Crippen molar-refractivity contribution in [3.63, 3.8) is 0 Å². The van der Waals surface area contributed by atoms with Crippen molar-refractivity contribution in [1.29, 1.82) is 0 Å². The van der Waals surface area contributed by atoms with Crippen molar-refractivity contribution in [2.75, 3.05) is 4.90 Å². The van der Waals surface area contributed by atoms with Gasteiger partial charge in [-0.2, -0.15) is 0 Å². The number of para-hydroxylation sites is 1. The summed E-state index contributed by atoms with van der Waals surface area (Å²) in [6.07, 6.45) is 0. The molecule has 80 valence electrons. The van der Waals surface area contributed by atoms with Gasteiger partial charge in [0.25, 0.3) is 11.8 Å². The number of benzene rings is 1. The number of nitrogens with one attached hydrogen (secondary N) is 1. The first-order chi connectivity index (χ1) is 7.61. The topological polar surface area (TPSA) is 66.5 Å². The van der Waals surface area contributed by atoms with Gasteiger partial charge in [-0.1, -0.05) is 24.8 Å². The molecule has 0 aliphatic carbocycles. The smallest absolute Gasteiger partial charge is 0.273 e. The Morgan fingerprint density at radius 2 is 1.69 bits per heavy atom. The molecule has 1 N–H and O–H groups in total. The van der Waals surface area contributed by atoms with Gasteiger partial charge in [-0.05, 0) is 12.1 Å². The highest BCUT2D eigenvalue weighted by atomic mass is 16.2. The van der Waals surface area contributed by atoms with Crippen molar-refractivity contribution in [3.05, 3.63) is 42.5 Å². The van der Waals surface area contributed by atoms with Crippen LogP contribution < -0.4 is 10.2 Å². The molecule has 1 aliphatic rings. The van der Waals surface area contributed by atoms with Crippen molar-refractivity contribution in [3.8, 4) is 0 Å². The molecule has 0 atom stereocenters. The Bertz CT molecular complexity index is 493. The normalized spacial score (nSPS) is 16.4. The van der Waals surface area contributed by atoms with Crippen molar-refractivity contribution >= 4 is 23.5 Å². The maximum Gasteiger partial charge on any atom is 0.335 e. The lowest BCUT2D eigenvalue weighted by Gasteiger charge is -2.25. The highest BCUT2D eigenvalue weighted by molar-refractivity contribution is 6.37. The number of imide groups is 2. The number of anilines is 1. The third kappa shape index (κ3) is 1.48. The standard InChI is InChI=1S/C11H8N2O3/c1-7-9(14)12-11(16)13(10(7)15)8-5-3-2-4-6-8/h2-6H,1H2,(H,12,14,16). The van der Waals surface area contributed by atoms with Crippen molar-refractivity contribution in [2.24, 2.45) is 0 Å². The van der Waals surface area contributed by atoms with E-state index in [4.69, 9.17) is 0 Å². The number of carbonyl (C=O) groups is 3. The summed E-state index contributed by atoms with van der Waals surface area (Å²) >= 11 is 0. The van der Waals surface area contributed by atoms with Crippen LogP contribution in [0, 0.1) is 0 Å². The minimum Gasteiger partial charge on any atom is -0.273 e. The van der Waals surface area contributed by atoms with Crippen LogP contribution in [-0.2, 0) is 9.59 Å². The summed E-state index contributed by atoms with van der Waals surface area (Å²) in [5.74, 6) is -1.44. The van der Waals surface area contributed by atoms with Crippen LogP contribution in [0.3, 0.4) is 0 Å². The van der Waals surface area contributed by atoms with Crippen molar-refractivity contribution in [2.45, 2.75) is 0 Å². The van der Waals surface area contributed by atoms with Gasteiger partial charge in [0.05, 0.1) is 11.3 Å². The molecule has 1 aromatic rings. The molecule has 0 spiro atoms. The summed E-state index contributed by atoms with van der Waals surface area (Å²) in [4.78, 5) is 35.2. The molecule has 4 amide bonds. The molecular weight excluding hydrogens is 208 g/mol. The number of urea groups is 1. The minimum atomic E-state index is -0.756. The zero-order chi connectivity index (χ0) is 11.7. The molecule has 5 nitrogen and oxygen atoms in total. The first kappa shape index (κ1) is 10.1. The maximum atomic E-state index is 11.7. The molecule has 1 aromatic carbocycles. The molecule has 0 bridgehead atoms. The van der Waals surface area contributed by atoms with Gasteiger partial charge < -0.3 is 0 Å².